The van der Waals surface area contributed by atoms with Gasteiger partial charge in [-0.25, -0.2) is 0 Å². The van der Waals surface area contributed by atoms with Crippen molar-refractivity contribution in [1.29, 1.82) is 0 Å². The van der Waals surface area contributed by atoms with Gasteiger partial charge in [-0.15, -0.1) is 0 Å². The fourth-order valence-corrected chi connectivity index (χ4v) is 1.19. The van der Waals surface area contributed by atoms with Crippen LogP contribution in [-0.2, 0) is 11.2 Å². The minimum absolute atomic E-state index is 0.0768. The van der Waals surface area contributed by atoms with Gasteiger partial charge < -0.3 is 10.6 Å². The normalized spacial score (nSPS) is 12.5. The van der Waals surface area contributed by atoms with Crippen molar-refractivity contribution < 1.29 is 4.79 Å². The van der Waals surface area contributed by atoms with Crippen molar-refractivity contribution >= 4 is 11.7 Å². The molecule has 1 unspecified atom stereocenters. The number of nitrogens with one attached hydrogen (secondary N) is 3. The third kappa shape index (κ3) is 3.36. The zero-order valence-electron chi connectivity index (χ0n) is 9.42. The molecule has 1 amide bonds. The largest absolute Gasteiger partial charge is 0.309 e. The van der Waals surface area contributed by atoms with Crippen LogP contribution in [0.2, 0.25) is 0 Å². The molecule has 0 fully saturated rings. The summed E-state index contributed by atoms with van der Waals surface area (Å²) in [4.78, 5) is 11.5. The second-order valence-corrected chi connectivity index (χ2v) is 3.53. The number of carbonyl (C=O) groups is 1. The molecule has 1 heterocycles. The van der Waals surface area contributed by atoms with E-state index in [1.54, 1.807) is 14.0 Å². The Morgan fingerprint density at radius 3 is 3.00 bits per heavy atom. The molecule has 1 rings (SSSR count). The van der Waals surface area contributed by atoms with Crippen molar-refractivity contribution in [2.45, 2.75) is 32.7 Å². The lowest BCUT2D eigenvalue weighted by molar-refractivity contribution is -0.117. The van der Waals surface area contributed by atoms with Crippen molar-refractivity contribution in [3.63, 3.8) is 0 Å². The average molecular weight is 210 g/mol. The summed E-state index contributed by atoms with van der Waals surface area (Å²) >= 11 is 0. The van der Waals surface area contributed by atoms with Crippen LogP contribution in [0.25, 0.3) is 0 Å². The first-order valence-corrected chi connectivity index (χ1v) is 5.19. The maximum Gasteiger partial charge on any atom is 0.242 e. The van der Waals surface area contributed by atoms with Crippen LogP contribution in [-0.4, -0.2) is 29.2 Å². The lowest BCUT2D eigenvalue weighted by Gasteiger charge is -2.08. The number of aryl methyl sites for hydroxylation is 1. The van der Waals surface area contributed by atoms with E-state index in [9.17, 15) is 4.79 Å². The maximum absolute atomic E-state index is 11.5. The molecule has 15 heavy (non-hydrogen) atoms. The number of rotatable bonds is 5. The minimum atomic E-state index is -0.212. The van der Waals surface area contributed by atoms with Crippen molar-refractivity contribution in [2.75, 3.05) is 12.4 Å². The van der Waals surface area contributed by atoms with Gasteiger partial charge >= 0.3 is 0 Å². The Morgan fingerprint density at radius 1 is 1.67 bits per heavy atom. The van der Waals surface area contributed by atoms with Gasteiger partial charge in [-0.05, 0) is 20.4 Å². The second-order valence-electron chi connectivity index (χ2n) is 3.53. The van der Waals surface area contributed by atoms with E-state index < -0.39 is 0 Å². The molecule has 0 spiro atoms. The molecule has 0 aliphatic carbocycles. The third-order valence-corrected chi connectivity index (χ3v) is 2.23. The average Bonchev–Trinajstić information content (AvgIpc) is 2.65. The summed E-state index contributed by atoms with van der Waals surface area (Å²) in [6.07, 6.45) is 2.01. The first kappa shape index (κ1) is 11.7. The van der Waals surface area contributed by atoms with Gasteiger partial charge in [0.25, 0.3) is 0 Å². The number of hydrogen-bond acceptors (Lipinski definition) is 3. The molecule has 0 aromatic carbocycles. The highest BCUT2D eigenvalue weighted by molar-refractivity contribution is 5.93. The molecule has 84 valence electrons. The monoisotopic (exact) mass is 210 g/mol. The number of nitrogens with zero attached hydrogens (tertiary/aromatic N) is 1. The van der Waals surface area contributed by atoms with E-state index in [0.717, 1.165) is 18.5 Å². The van der Waals surface area contributed by atoms with E-state index in [0.29, 0.717) is 5.82 Å². The quantitative estimate of drug-likeness (QED) is 0.676. The number of hydrogen-bond donors (Lipinski definition) is 3. The maximum atomic E-state index is 11.5. The van der Waals surface area contributed by atoms with Crippen molar-refractivity contribution in [1.82, 2.24) is 15.5 Å². The summed E-state index contributed by atoms with van der Waals surface area (Å²) < 4.78 is 0. The number of carbonyl (C=O) groups excluding carboxylic acids is 1. The van der Waals surface area contributed by atoms with Crippen molar-refractivity contribution in [3.05, 3.63) is 11.8 Å². The zero-order valence-corrected chi connectivity index (χ0v) is 9.42. The molecule has 0 radical (unpaired) electrons. The van der Waals surface area contributed by atoms with E-state index in [-0.39, 0.29) is 11.9 Å². The molecule has 3 N–H and O–H groups in total. The van der Waals surface area contributed by atoms with E-state index >= 15 is 0 Å². The molecular weight excluding hydrogens is 192 g/mol. The van der Waals surface area contributed by atoms with Gasteiger partial charge in [0.1, 0.15) is 0 Å². The van der Waals surface area contributed by atoms with Crippen LogP contribution < -0.4 is 10.6 Å². The van der Waals surface area contributed by atoms with Gasteiger partial charge in [-0.3, -0.25) is 9.89 Å². The molecule has 1 aromatic heterocycles. The number of anilines is 1. The molecule has 0 saturated heterocycles. The Bertz CT molecular complexity index is 321. The Hall–Kier alpha value is -1.36. The number of H-pyrrole nitrogens is 1. The van der Waals surface area contributed by atoms with Crippen LogP contribution >= 0.6 is 0 Å². The number of likely N-dealkylation sites (N-methyl/N-ethyl adjacent to an activating group) is 1. The Kier molecular flexibility index (Phi) is 4.30. The lowest BCUT2D eigenvalue weighted by atomic mass is 10.2. The summed E-state index contributed by atoms with van der Waals surface area (Å²) in [5, 5.41) is 12.5. The highest BCUT2D eigenvalue weighted by Gasteiger charge is 2.11. The summed E-state index contributed by atoms with van der Waals surface area (Å²) in [6, 6.07) is 1.65. The smallest absolute Gasteiger partial charge is 0.242 e. The Labute approximate surface area is 89.6 Å². The number of amides is 1. The van der Waals surface area contributed by atoms with E-state index in [4.69, 9.17) is 0 Å². The van der Waals surface area contributed by atoms with E-state index in [1.165, 1.54) is 0 Å². The van der Waals surface area contributed by atoms with Gasteiger partial charge in [0, 0.05) is 11.8 Å². The minimum Gasteiger partial charge on any atom is -0.309 e. The van der Waals surface area contributed by atoms with Crippen LogP contribution in [0.3, 0.4) is 0 Å². The van der Waals surface area contributed by atoms with Gasteiger partial charge in [0.2, 0.25) is 5.91 Å². The molecule has 5 nitrogen and oxygen atoms in total. The van der Waals surface area contributed by atoms with Gasteiger partial charge in [0.15, 0.2) is 5.82 Å². The standard InChI is InChI=1S/C10H18N4O/c1-4-5-8-6-9(14-13-8)12-10(15)7(2)11-3/h6-7,11H,4-5H2,1-3H3,(H2,12,13,14,15). The molecule has 0 aliphatic heterocycles. The molecule has 0 bridgehead atoms. The second kappa shape index (κ2) is 5.50. The van der Waals surface area contributed by atoms with Crippen LogP contribution in [0, 0.1) is 0 Å². The van der Waals surface area contributed by atoms with Gasteiger partial charge in [-0.1, -0.05) is 13.3 Å². The topological polar surface area (TPSA) is 69.8 Å². The predicted molar refractivity (Wildman–Crippen MR) is 59.7 cm³/mol. The Morgan fingerprint density at radius 2 is 2.40 bits per heavy atom. The molecule has 5 heteroatoms. The molecule has 1 atom stereocenters. The summed E-state index contributed by atoms with van der Waals surface area (Å²) in [5.41, 5.74) is 1.05. The van der Waals surface area contributed by atoms with E-state index in [1.807, 2.05) is 6.07 Å². The Balaban J connectivity index is 2.53. The van der Waals surface area contributed by atoms with Crippen LogP contribution in [0.1, 0.15) is 26.0 Å². The predicted octanol–water partition coefficient (Wildman–Crippen LogP) is 0.909. The van der Waals surface area contributed by atoms with Crippen molar-refractivity contribution in [2.24, 2.45) is 0 Å². The summed E-state index contributed by atoms with van der Waals surface area (Å²) in [7, 11) is 1.75. The van der Waals surface area contributed by atoms with Crippen LogP contribution in [0.5, 0.6) is 0 Å². The highest BCUT2D eigenvalue weighted by atomic mass is 16.2. The fourth-order valence-electron chi connectivity index (χ4n) is 1.19. The van der Waals surface area contributed by atoms with Gasteiger partial charge in [-0.2, -0.15) is 5.10 Å². The SMILES string of the molecule is CCCc1cc(NC(=O)C(C)NC)n[nH]1. The lowest BCUT2D eigenvalue weighted by Crippen LogP contribution is -2.35. The number of aromatic amines is 1. The highest BCUT2D eigenvalue weighted by Crippen LogP contribution is 2.07. The van der Waals surface area contributed by atoms with Crippen LogP contribution in [0.4, 0.5) is 5.82 Å². The number of aromatic nitrogens is 2. The first-order valence-electron chi connectivity index (χ1n) is 5.19. The molecule has 1 aromatic rings. The van der Waals surface area contributed by atoms with Crippen molar-refractivity contribution in [3.8, 4) is 0 Å². The third-order valence-electron chi connectivity index (χ3n) is 2.23. The molecule has 0 saturated carbocycles. The van der Waals surface area contributed by atoms with E-state index in [2.05, 4.69) is 27.8 Å². The molecule has 0 aliphatic rings. The zero-order chi connectivity index (χ0) is 11.3. The molecular formula is C10H18N4O. The first-order chi connectivity index (χ1) is 7.17. The fraction of sp³-hybridized carbons (Fsp3) is 0.600. The van der Waals surface area contributed by atoms with Crippen LogP contribution in [0.15, 0.2) is 6.07 Å². The summed E-state index contributed by atoms with van der Waals surface area (Å²) in [5.74, 6) is 0.512. The van der Waals surface area contributed by atoms with Gasteiger partial charge in [0.05, 0.1) is 6.04 Å². The summed E-state index contributed by atoms with van der Waals surface area (Å²) in [6.45, 7) is 3.90.